The molecule has 0 saturated heterocycles. The summed E-state index contributed by atoms with van der Waals surface area (Å²) in [7, 11) is 0. The molecular weight excluding hydrogens is 288 g/mol. The van der Waals surface area contributed by atoms with Crippen LogP contribution in [0, 0.1) is 13.8 Å². The Morgan fingerprint density at radius 2 is 1.78 bits per heavy atom. The van der Waals surface area contributed by atoms with Crippen molar-refractivity contribution in [2.45, 2.75) is 27.2 Å². The molecule has 118 valence electrons. The second kappa shape index (κ2) is 5.88. The van der Waals surface area contributed by atoms with E-state index in [9.17, 15) is 9.59 Å². The first-order valence-corrected chi connectivity index (χ1v) is 7.76. The van der Waals surface area contributed by atoms with Gasteiger partial charge in [-0.25, -0.2) is 0 Å². The highest BCUT2D eigenvalue weighted by Gasteiger charge is 2.23. The van der Waals surface area contributed by atoms with Crippen LogP contribution < -0.4 is 10.2 Å². The van der Waals surface area contributed by atoms with Crippen LogP contribution >= 0.6 is 0 Å². The Labute approximate surface area is 136 Å². The summed E-state index contributed by atoms with van der Waals surface area (Å²) >= 11 is 0. The minimum absolute atomic E-state index is 0.0384. The van der Waals surface area contributed by atoms with E-state index in [4.69, 9.17) is 0 Å². The van der Waals surface area contributed by atoms with E-state index < -0.39 is 0 Å². The standard InChI is InChI=1S/C19H20N2O2/c1-12-5-4-6-13(2)18(12)20-19(23)16-7-8-17-15(11-16)9-10-21(17)14(3)22/h4-8,11H,9-10H2,1-3H3,(H,20,23). The number of rotatable bonds is 2. The average molecular weight is 308 g/mol. The van der Waals surface area contributed by atoms with Crippen LogP contribution in [0.4, 0.5) is 11.4 Å². The molecule has 4 nitrogen and oxygen atoms in total. The van der Waals surface area contributed by atoms with E-state index in [2.05, 4.69) is 5.32 Å². The predicted molar refractivity (Wildman–Crippen MR) is 92.0 cm³/mol. The molecule has 0 bridgehead atoms. The van der Waals surface area contributed by atoms with E-state index in [1.165, 1.54) is 0 Å². The average Bonchev–Trinajstić information content (AvgIpc) is 2.94. The third-order valence-corrected chi connectivity index (χ3v) is 4.34. The molecule has 1 aliphatic rings. The van der Waals surface area contributed by atoms with Crippen LogP contribution in [0.3, 0.4) is 0 Å². The van der Waals surface area contributed by atoms with Crippen molar-refractivity contribution in [1.29, 1.82) is 0 Å². The van der Waals surface area contributed by atoms with Gasteiger partial charge in [0, 0.05) is 30.4 Å². The minimum Gasteiger partial charge on any atom is -0.322 e. The van der Waals surface area contributed by atoms with Crippen molar-refractivity contribution in [2.24, 2.45) is 0 Å². The highest BCUT2D eigenvalue weighted by molar-refractivity contribution is 6.06. The van der Waals surface area contributed by atoms with Crippen molar-refractivity contribution in [3.05, 3.63) is 58.7 Å². The van der Waals surface area contributed by atoms with Crippen LogP contribution in [0.25, 0.3) is 0 Å². The lowest BCUT2D eigenvalue weighted by Gasteiger charge is -2.15. The van der Waals surface area contributed by atoms with Gasteiger partial charge in [-0.1, -0.05) is 18.2 Å². The van der Waals surface area contributed by atoms with E-state index in [1.54, 1.807) is 17.9 Å². The molecule has 0 spiro atoms. The Morgan fingerprint density at radius 3 is 2.43 bits per heavy atom. The summed E-state index contributed by atoms with van der Waals surface area (Å²) < 4.78 is 0. The Bertz CT molecular complexity index is 776. The lowest BCUT2D eigenvalue weighted by Crippen LogP contribution is -2.25. The number of carbonyl (C=O) groups is 2. The molecular formula is C19H20N2O2. The summed E-state index contributed by atoms with van der Waals surface area (Å²) in [5.74, 6) is -0.0806. The molecule has 1 heterocycles. The summed E-state index contributed by atoms with van der Waals surface area (Å²) in [4.78, 5) is 25.9. The van der Waals surface area contributed by atoms with Gasteiger partial charge < -0.3 is 10.2 Å². The van der Waals surface area contributed by atoms with E-state index in [1.807, 2.05) is 44.2 Å². The Morgan fingerprint density at radius 1 is 1.09 bits per heavy atom. The molecule has 0 atom stereocenters. The Balaban J connectivity index is 1.86. The number of carbonyl (C=O) groups excluding carboxylic acids is 2. The van der Waals surface area contributed by atoms with Crippen LogP contribution in [0.15, 0.2) is 36.4 Å². The number of anilines is 2. The Hall–Kier alpha value is -2.62. The lowest BCUT2D eigenvalue weighted by atomic mass is 10.1. The SMILES string of the molecule is CC(=O)N1CCc2cc(C(=O)Nc3c(C)cccc3C)ccc21. The van der Waals surface area contributed by atoms with Crippen LogP contribution in [0.2, 0.25) is 0 Å². The summed E-state index contributed by atoms with van der Waals surface area (Å²) in [6.45, 7) is 6.22. The molecule has 2 aromatic rings. The lowest BCUT2D eigenvalue weighted by molar-refractivity contribution is -0.116. The maximum Gasteiger partial charge on any atom is 0.255 e. The number of hydrogen-bond donors (Lipinski definition) is 1. The first-order chi connectivity index (χ1) is 11.0. The first-order valence-electron chi connectivity index (χ1n) is 7.76. The number of nitrogens with zero attached hydrogens (tertiary/aromatic N) is 1. The van der Waals surface area contributed by atoms with E-state index in [-0.39, 0.29) is 11.8 Å². The number of aryl methyl sites for hydroxylation is 2. The topological polar surface area (TPSA) is 49.4 Å². The maximum atomic E-state index is 12.5. The molecule has 0 radical (unpaired) electrons. The van der Waals surface area contributed by atoms with Crippen molar-refractivity contribution in [3.63, 3.8) is 0 Å². The zero-order valence-electron chi connectivity index (χ0n) is 13.6. The van der Waals surface area contributed by atoms with Gasteiger partial charge in [0.05, 0.1) is 0 Å². The third kappa shape index (κ3) is 2.84. The molecule has 2 amide bonds. The highest BCUT2D eigenvalue weighted by Crippen LogP contribution is 2.29. The summed E-state index contributed by atoms with van der Waals surface area (Å²) in [6.07, 6.45) is 0.791. The van der Waals surface area contributed by atoms with Crippen LogP contribution in [0.5, 0.6) is 0 Å². The predicted octanol–water partition coefficient (Wildman–Crippen LogP) is 3.46. The molecule has 0 unspecified atom stereocenters. The normalized spacial score (nSPS) is 12.9. The van der Waals surface area contributed by atoms with Gasteiger partial charge in [-0.15, -0.1) is 0 Å². The molecule has 3 rings (SSSR count). The highest BCUT2D eigenvalue weighted by atomic mass is 16.2. The number of benzene rings is 2. The summed E-state index contributed by atoms with van der Waals surface area (Å²) in [5, 5.41) is 3.00. The summed E-state index contributed by atoms with van der Waals surface area (Å²) in [6, 6.07) is 11.5. The first kappa shape index (κ1) is 15.3. The van der Waals surface area contributed by atoms with Crippen molar-refractivity contribution >= 4 is 23.2 Å². The molecule has 0 saturated carbocycles. The Kier molecular flexibility index (Phi) is 3.90. The van der Waals surface area contributed by atoms with Crippen LogP contribution in [0.1, 0.15) is 34.0 Å². The second-order valence-electron chi connectivity index (χ2n) is 5.99. The third-order valence-electron chi connectivity index (χ3n) is 4.34. The van der Waals surface area contributed by atoms with E-state index in [0.717, 1.165) is 34.5 Å². The molecule has 4 heteroatoms. The van der Waals surface area contributed by atoms with Gasteiger partial charge in [-0.3, -0.25) is 9.59 Å². The molecule has 0 aromatic heterocycles. The minimum atomic E-state index is -0.119. The molecule has 23 heavy (non-hydrogen) atoms. The fourth-order valence-electron chi connectivity index (χ4n) is 3.07. The molecule has 0 fully saturated rings. The van der Waals surface area contributed by atoms with Gasteiger partial charge >= 0.3 is 0 Å². The van der Waals surface area contributed by atoms with Crippen LogP contribution in [-0.4, -0.2) is 18.4 Å². The number of nitrogens with one attached hydrogen (secondary N) is 1. The fraction of sp³-hybridized carbons (Fsp3) is 0.263. The smallest absolute Gasteiger partial charge is 0.255 e. The van der Waals surface area contributed by atoms with Gasteiger partial charge in [0.1, 0.15) is 0 Å². The van der Waals surface area contributed by atoms with Crippen molar-refractivity contribution in [3.8, 4) is 0 Å². The molecule has 0 aliphatic carbocycles. The van der Waals surface area contributed by atoms with Gasteiger partial charge in [0.25, 0.3) is 5.91 Å². The van der Waals surface area contributed by atoms with Crippen molar-refractivity contribution in [2.75, 3.05) is 16.8 Å². The number of hydrogen-bond acceptors (Lipinski definition) is 2. The van der Waals surface area contributed by atoms with Gasteiger partial charge in [0.15, 0.2) is 0 Å². The zero-order chi connectivity index (χ0) is 16.6. The number of para-hydroxylation sites is 1. The largest absolute Gasteiger partial charge is 0.322 e. The van der Waals surface area contributed by atoms with Crippen molar-refractivity contribution in [1.82, 2.24) is 0 Å². The van der Waals surface area contributed by atoms with E-state index in [0.29, 0.717) is 12.1 Å². The summed E-state index contributed by atoms with van der Waals surface area (Å²) in [5.41, 5.74) is 5.54. The van der Waals surface area contributed by atoms with Crippen molar-refractivity contribution < 1.29 is 9.59 Å². The zero-order valence-corrected chi connectivity index (χ0v) is 13.6. The van der Waals surface area contributed by atoms with Crippen LogP contribution in [-0.2, 0) is 11.2 Å². The van der Waals surface area contributed by atoms with Gasteiger partial charge in [-0.05, 0) is 55.2 Å². The van der Waals surface area contributed by atoms with Gasteiger partial charge in [0.2, 0.25) is 5.91 Å². The number of fused-ring (bicyclic) bond motifs is 1. The monoisotopic (exact) mass is 308 g/mol. The van der Waals surface area contributed by atoms with E-state index >= 15 is 0 Å². The maximum absolute atomic E-state index is 12.5. The number of amides is 2. The quantitative estimate of drug-likeness (QED) is 0.923. The molecule has 2 aromatic carbocycles. The fourth-order valence-corrected chi connectivity index (χ4v) is 3.07. The van der Waals surface area contributed by atoms with Gasteiger partial charge in [-0.2, -0.15) is 0 Å². The molecule has 1 N–H and O–H groups in total. The molecule has 1 aliphatic heterocycles. The second-order valence-corrected chi connectivity index (χ2v) is 5.99.